The van der Waals surface area contributed by atoms with Crippen molar-refractivity contribution >= 4 is 29.0 Å². The van der Waals surface area contributed by atoms with Crippen molar-refractivity contribution in [3.8, 4) is 5.69 Å². The van der Waals surface area contributed by atoms with Gasteiger partial charge in [0.1, 0.15) is 0 Å². The van der Waals surface area contributed by atoms with Gasteiger partial charge in [0.15, 0.2) is 0 Å². The number of rotatable bonds is 5. The van der Waals surface area contributed by atoms with Gasteiger partial charge in [-0.3, -0.25) is 14.9 Å². The van der Waals surface area contributed by atoms with Crippen molar-refractivity contribution in [3.63, 3.8) is 0 Å². The first-order chi connectivity index (χ1) is 13.6. The van der Waals surface area contributed by atoms with Crippen LogP contribution in [0.1, 0.15) is 12.0 Å². The summed E-state index contributed by atoms with van der Waals surface area (Å²) in [5.74, 6) is 0.0892. The third-order valence-corrected chi connectivity index (χ3v) is 5.36. The first-order valence-electron chi connectivity index (χ1n) is 8.68. The molecule has 0 saturated heterocycles. The molecule has 1 aliphatic heterocycles. The van der Waals surface area contributed by atoms with Gasteiger partial charge in [-0.25, -0.2) is 0 Å². The number of hydrogen-bond acceptors (Lipinski definition) is 7. The molecule has 0 fully saturated rings. The predicted molar refractivity (Wildman–Crippen MR) is 104 cm³/mol. The zero-order valence-corrected chi connectivity index (χ0v) is 15.6. The van der Waals surface area contributed by atoms with Crippen molar-refractivity contribution in [1.29, 1.82) is 0 Å². The molecule has 0 bridgehead atoms. The van der Waals surface area contributed by atoms with Gasteiger partial charge in [0.05, 0.1) is 16.4 Å². The Kier molecular flexibility index (Phi) is 5.02. The van der Waals surface area contributed by atoms with Gasteiger partial charge in [0.2, 0.25) is 11.1 Å². The third-order valence-electron chi connectivity index (χ3n) is 4.46. The minimum atomic E-state index is -0.416. The number of non-ortho nitro benzene ring substituents is 1. The fraction of sp³-hybridized carbons (Fsp3) is 0.222. The smallest absolute Gasteiger partial charge is 0.269 e. The number of thioether (sulfide) groups is 1. The molecule has 0 atom stereocenters. The Morgan fingerprint density at radius 3 is 2.82 bits per heavy atom. The minimum Gasteiger partial charge on any atom is -0.311 e. The molecule has 0 aliphatic carbocycles. The average Bonchev–Trinajstić information content (AvgIpc) is 3.20. The van der Waals surface area contributed by atoms with E-state index in [-0.39, 0.29) is 17.3 Å². The Labute approximate surface area is 164 Å². The van der Waals surface area contributed by atoms with Crippen LogP contribution in [0.3, 0.4) is 0 Å². The molecule has 0 N–H and O–H groups in total. The fourth-order valence-electron chi connectivity index (χ4n) is 3.16. The molecule has 0 radical (unpaired) electrons. The number of para-hydroxylation sites is 1. The molecular formula is C18H16N6O3S. The van der Waals surface area contributed by atoms with E-state index < -0.39 is 4.92 Å². The second-order valence-corrected chi connectivity index (χ2v) is 7.16. The fourth-order valence-corrected chi connectivity index (χ4v) is 3.93. The number of nitro groups is 1. The first kappa shape index (κ1) is 18.1. The predicted octanol–water partition coefficient (Wildman–Crippen LogP) is 2.64. The van der Waals surface area contributed by atoms with Crippen LogP contribution >= 0.6 is 11.8 Å². The van der Waals surface area contributed by atoms with E-state index in [0.29, 0.717) is 11.7 Å². The van der Waals surface area contributed by atoms with Crippen LogP contribution in [-0.4, -0.2) is 43.3 Å². The third kappa shape index (κ3) is 3.58. The summed E-state index contributed by atoms with van der Waals surface area (Å²) in [6.07, 6.45) is 1.49. The molecule has 0 saturated carbocycles. The van der Waals surface area contributed by atoms with Crippen molar-refractivity contribution in [1.82, 2.24) is 20.2 Å². The quantitative estimate of drug-likeness (QED) is 0.371. The van der Waals surface area contributed by atoms with Crippen LogP contribution in [0.5, 0.6) is 0 Å². The summed E-state index contributed by atoms with van der Waals surface area (Å²) in [6.45, 7) is 0.591. The highest BCUT2D eigenvalue weighted by Crippen LogP contribution is 2.31. The number of fused-ring (bicyclic) bond motifs is 1. The minimum absolute atomic E-state index is 0.0458. The van der Waals surface area contributed by atoms with Gasteiger partial charge in [-0.15, -0.1) is 5.10 Å². The average molecular weight is 396 g/mol. The van der Waals surface area contributed by atoms with E-state index >= 15 is 0 Å². The summed E-state index contributed by atoms with van der Waals surface area (Å²) in [6, 6.07) is 14.1. The molecule has 10 heteroatoms. The highest BCUT2D eigenvalue weighted by molar-refractivity contribution is 7.99. The Balaban J connectivity index is 1.49. The Morgan fingerprint density at radius 2 is 2.04 bits per heavy atom. The van der Waals surface area contributed by atoms with E-state index in [9.17, 15) is 14.9 Å². The van der Waals surface area contributed by atoms with Crippen molar-refractivity contribution in [2.45, 2.75) is 18.0 Å². The van der Waals surface area contributed by atoms with E-state index in [0.717, 1.165) is 29.8 Å². The topological polar surface area (TPSA) is 107 Å². The van der Waals surface area contributed by atoms with Gasteiger partial charge >= 0.3 is 0 Å². The molecule has 142 valence electrons. The first-order valence-corrected chi connectivity index (χ1v) is 9.66. The van der Waals surface area contributed by atoms with E-state index in [2.05, 4.69) is 15.5 Å². The number of tetrazole rings is 1. The molecule has 28 heavy (non-hydrogen) atoms. The molecule has 1 amide bonds. The normalized spacial score (nSPS) is 13.2. The number of nitro benzene ring substituents is 1. The Morgan fingerprint density at radius 1 is 1.21 bits per heavy atom. The summed E-state index contributed by atoms with van der Waals surface area (Å²) in [7, 11) is 0. The molecule has 9 nitrogen and oxygen atoms in total. The number of aromatic nitrogens is 4. The van der Waals surface area contributed by atoms with Crippen molar-refractivity contribution < 1.29 is 9.72 Å². The maximum absolute atomic E-state index is 12.8. The molecule has 1 aromatic heterocycles. The van der Waals surface area contributed by atoms with Crippen LogP contribution in [-0.2, 0) is 11.2 Å². The standard InChI is InChI=1S/C18H16N6O3S/c25-17(12-28-18-19-20-21-23(18)14-6-2-1-3-7-14)22-10-4-5-13-11-15(24(26)27)8-9-16(13)22/h1-3,6-9,11H,4-5,10,12H2. The number of benzene rings is 2. The van der Waals surface area contributed by atoms with Crippen molar-refractivity contribution in [3.05, 3.63) is 64.2 Å². The van der Waals surface area contributed by atoms with Gasteiger partial charge in [-0.05, 0) is 47.0 Å². The highest BCUT2D eigenvalue weighted by Gasteiger charge is 2.25. The van der Waals surface area contributed by atoms with E-state index in [4.69, 9.17) is 0 Å². The monoisotopic (exact) mass is 396 g/mol. The summed E-state index contributed by atoms with van der Waals surface area (Å²) in [4.78, 5) is 25.1. The maximum Gasteiger partial charge on any atom is 0.269 e. The van der Waals surface area contributed by atoms with Crippen LogP contribution in [0.4, 0.5) is 11.4 Å². The summed E-state index contributed by atoms with van der Waals surface area (Å²) < 4.78 is 1.59. The maximum atomic E-state index is 12.8. The van der Waals surface area contributed by atoms with Crippen LogP contribution < -0.4 is 4.90 Å². The van der Waals surface area contributed by atoms with Gasteiger partial charge in [-0.2, -0.15) is 4.68 Å². The van der Waals surface area contributed by atoms with Crippen LogP contribution in [0.15, 0.2) is 53.7 Å². The molecular weight excluding hydrogens is 380 g/mol. The molecule has 3 aromatic rings. The number of hydrogen-bond donors (Lipinski definition) is 0. The lowest BCUT2D eigenvalue weighted by Crippen LogP contribution is -2.36. The van der Waals surface area contributed by atoms with E-state index in [1.54, 1.807) is 21.7 Å². The van der Waals surface area contributed by atoms with Crippen molar-refractivity contribution in [2.24, 2.45) is 0 Å². The Hall–Kier alpha value is -3.27. The largest absolute Gasteiger partial charge is 0.311 e. The van der Waals surface area contributed by atoms with Crippen molar-refractivity contribution in [2.75, 3.05) is 17.2 Å². The lowest BCUT2D eigenvalue weighted by Gasteiger charge is -2.29. The summed E-state index contributed by atoms with van der Waals surface area (Å²) >= 11 is 1.26. The molecule has 2 heterocycles. The Bertz CT molecular complexity index is 1020. The summed E-state index contributed by atoms with van der Waals surface area (Å²) in [5, 5.41) is 23.2. The van der Waals surface area contributed by atoms with E-state index in [1.165, 1.54) is 17.8 Å². The van der Waals surface area contributed by atoms with Crippen LogP contribution in [0, 0.1) is 10.1 Å². The van der Waals surface area contributed by atoms with Gasteiger partial charge in [-0.1, -0.05) is 30.0 Å². The molecule has 1 aliphatic rings. The van der Waals surface area contributed by atoms with E-state index in [1.807, 2.05) is 30.3 Å². The number of anilines is 1. The van der Waals surface area contributed by atoms with Gasteiger partial charge in [0.25, 0.3) is 5.69 Å². The molecule has 4 rings (SSSR count). The zero-order valence-electron chi connectivity index (χ0n) is 14.8. The number of nitrogens with zero attached hydrogens (tertiary/aromatic N) is 6. The SMILES string of the molecule is O=C(CSc1nnnn1-c1ccccc1)N1CCCc2cc([N+](=O)[O-])ccc21. The number of aryl methyl sites for hydroxylation is 1. The molecule has 0 spiro atoms. The number of carbonyl (C=O) groups is 1. The van der Waals surface area contributed by atoms with Crippen LogP contribution in [0.25, 0.3) is 5.69 Å². The highest BCUT2D eigenvalue weighted by atomic mass is 32.2. The molecule has 0 unspecified atom stereocenters. The number of carbonyl (C=O) groups excluding carboxylic acids is 1. The zero-order chi connectivity index (χ0) is 19.5. The summed E-state index contributed by atoms with van der Waals surface area (Å²) in [5.41, 5.74) is 2.43. The molecule has 2 aromatic carbocycles. The van der Waals surface area contributed by atoms with Gasteiger partial charge < -0.3 is 4.90 Å². The number of amides is 1. The lowest BCUT2D eigenvalue weighted by atomic mass is 10.0. The van der Waals surface area contributed by atoms with Crippen LogP contribution in [0.2, 0.25) is 0 Å². The second-order valence-electron chi connectivity index (χ2n) is 6.22. The lowest BCUT2D eigenvalue weighted by molar-refractivity contribution is -0.384. The second kappa shape index (κ2) is 7.77. The van der Waals surface area contributed by atoms with Gasteiger partial charge in [0, 0.05) is 24.4 Å².